The van der Waals surface area contributed by atoms with E-state index in [1.54, 1.807) is 23.1 Å². The third-order valence-corrected chi connectivity index (χ3v) is 6.10. The number of amides is 1. The molecule has 1 N–H and O–H groups in total. The molecule has 0 spiro atoms. The van der Waals surface area contributed by atoms with Crippen LogP contribution in [0.3, 0.4) is 0 Å². The topological polar surface area (TPSA) is 56.1 Å². The molecular formula is C18H19N3OS2. The number of rotatable bonds is 5. The standard InChI is InChI=1S/C18H19N3OS2/c1-21-9-7-14-15(11-19)18(24-16(14)12-21)20-17(22)8-10-23-13-5-3-2-4-6-13/h2-6H,7-10,12H2,1H3,(H,20,22). The van der Waals surface area contributed by atoms with Crippen molar-refractivity contribution in [2.75, 3.05) is 24.7 Å². The number of carbonyl (C=O) groups is 1. The Labute approximate surface area is 150 Å². The number of hydrogen-bond donors (Lipinski definition) is 1. The largest absolute Gasteiger partial charge is 0.317 e. The number of fused-ring (bicyclic) bond motifs is 1. The van der Waals surface area contributed by atoms with Crippen molar-refractivity contribution in [2.45, 2.75) is 24.3 Å². The molecule has 3 rings (SSSR count). The third kappa shape index (κ3) is 3.99. The van der Waals surface area contributed by atoms with Crippen molar-refractivity contribution in [3.05, 3.63) is 46.3 Å². The average Bonchev–Trinajstić information content (AvgIpc) is 2.91. The number of thiophene rings is 1. The van der Waals surface area contributed by atoms with Crippen molar-refractivity contribution in [3.63, 3.8) is 0 Å². The van der Waals surface area contributed by atoms with Gasteiger partial charge in [0.25, 0.3) is 0 Å². The van der Waals surface area contributed by atoms with Gasteiger partial charge >= 0.3 is 0 Å². The van der Waals surface area contributed by atoms with Gasteiger partial charge in [0.05, 0.1) is 5.56 Å². The van der Waals surface area contributed by atoms with E-state index in [4.69, 9.17) is 0 Å². The molecule has 2 heterocycles. The SMILES string of the molecule is CN1CCc2c(sc(NC(=O)CCSc3ccccc3)c2C#N)C1. The Morgan fingerprint density at radius 1 is 1.42 bits per heavy atom. The van der Waals surface area contributed by atoms with Crippen molar-refractivity contribution in [3.8, 4) is 6.07 Å². The molecule has 6 heteroatoms. The predicted molar refractivity (Wildman–Crippen MR) is 99.5 cm³/mol. The summed E-state index contributed by atoms with van der Waals surface area (Å²) in [6.07, 6.45) is 1.32. The van der Waals surface area contributed by atoms with Gasteiger partial charge in [0.1, 0.15) is 11.1 Å². The quantitative estimate of drug-likeness (QED) is 0.829. The minimum absolute atomic E-state index is 0.0260. The van der Waals surface area contributed by atoms with E-state index in [1.807, 2.05) is 30.3 Å². The molecule has 4 nitrogen and oxygen atoms in total. The van der Waals surface area contributed by atoms with E-state index in [0.29, 0.717) is 17.0 Å². The molecule has 0 unspecified atom stereocenters. The highest BCUT2D eigenvalue weighted by Gasteiger charge is 2.23. The molecule has 1 amide bonds. The zero-order valence-electron chi connectivity index (χ0n) is 13.5. The molecule has 0 saturated heterocycles. The summed E-state index contributed by atoms with van der Waals surface area (Å²) in [5.74, 6) is 0.702. The summed E-state index contributed by atoms with van der Waals surface area (Å²) < 4.78 is 0. The van der Waals surface area contributed by atoms with Crippen LogP contribution < -0.4 is 5.32 Å². The number of nitrogens with one attached hydrogen (secondary N) is 1. The Balaban J connectivity index is 1.59. The summed E-state index contributed by atoms with van der Waals surface area (Å²) >= 11 is 3.21. The molecule has 0 saturated carbocycles. The van der Waals surface area contributed by atoms with Gasteiger partial charge < -0.3 is 10.2 Å². The van der Waals surface area contributed by atoms with Crippen LogP contribution in [0, 0.1) is 11.3 Å². The van der Waals surface area contributed by atoms with Gasteiger partial charge in [-0.25, -0.2) is 0 Å². The minimum atomic E-state index is -0.0260. The van der Waals surface area contributed by atoms with Crippen LogP contribution in [-0.4, -0.2) is 30.2 Å². The van der Waals surface area contributed by atoms with Gasteiger partial charge in [-0.15, -0.1) is 23.1 Å². The highest BCUT2D eigenvalue weighted by atomic mass is 32.2. The molecule has 1 aliphatic rings. The van der Waals surface area contributed by atoms with Crippen LogP contribution in [0.5, 0.6) is 0 Å². The molecule has 1 aromatic carbocycles. The second-order valence-electron chi connectivity index (χ2n) is 5.77. The first-order valence-corrected chi connectivity index (χ1v) is 9.68. The van der Waals surface area contributed by atoms with E-state index >= 15 is 0 Å². The second-order valence-corrected chi connectivity index (χ2v) is 8.04. The normalized spacial score (nSPS) is 14.0. The first kappa shape index (κ1) is 17.0. The monoisotopic (exact) mass is 357 g/mol. The van der Waals surface area contributed by atoms with Gasteiger partial charge in [0, 0.05) is 35.0 Å². The summed E-state index contributed by atoms with van der Waals surface area (Å²) in [5.41, 5.74) is 1.78. The van der Waals surface area contributed by atoms with Crippen LogP contribution in [0.25, 0.3) is 0 Å². The Morgan fingerprint density at radius 3 is 2.96 bits per heavy atom. The number of benzene rings is 1. The van der Waals surface area contributed by atoms with Crippen LogP contribution in [0.4, 0.5) is 5.00 Å². The summed E-state index contributed by atoms with van der Waals surface area (Å²) in [5, 5.41) is 13.1. The molecule has 1 aromatic heterocycles. The van der Waals surface area contributed by atoms with Crippen LogP contribution in [0.15, 0.2) is 35.2 Å². The maximum atomic E-state index is 12.2. The molecule has 124 valence electrons. The Bertz CT molecular complexity index is 765. The van der Waals surface area contributed by atoms with E-state index in [2.05, 4.69) is 23.3 Å². The number of likely N-dealkylation sites (N-methyl/N-ethyl adjacent to an activating group) is 1. The maximum Gasteiger partial charge on any atom is 0.225 e. The Kier molecular flexibility index (Phi) is 5.56. The number of nitrogens with zero attached hydrogens (tertiary/aromatic N) is 2. The summed E-state index contributed by atoms with van der Waals surface area (Å²) in [6.45, 7) is 1.81. The zero-order chi connectivity index (χ0) is 16.9. The van der Waals surface area contributed by atoms with Gasteiger partial charge in [0.2, 0.25) is 5.91 Å². The van der Waals surface area contributed by atoms with Gasteiger partial charge in [0.15, 0.2) is 0 Å². The van der Waals surface area contributed by atoms with Gasteiger partial charge in [-0.1, -0.05) is 18.2 Å². The first-order valence-electron chi connectivity index (χ1n) is 7.88. The summed E-state index contributed by atoms with van der Waals surface area (Å²) in [6, 6.07) is 12.3. The van der Waals surface area contributed by atoms with Gasteiger partial charge in [-0.2, -0.15) is 5.26 Å². The fourth-order valence-electron chi connectivity index (χ4n) is 2.70. The fraction of sp³-hybridized carbons (Fsp3) is 0.333. The molecule has 0 radical (unpaired) electrons. The molecule has 0 atom stereocenters. The van der Waals surface area contributed by atoms with E-state index in [1.165, 1.54) is 4.88 Å². The number of anilines is 1. The Hall–Kier alpha value is -1.81. The van der Waals surface area contributed by atoms with Crippen LogP contribution in [0.1, 0.15) is 22.4 Å². The molecule has 24 heavy (non-hydrogen) atoms. The number of thioether (sulfide) groups is 1. The van der Waals surface area contributed by atoms with Crippen molar-refractivity contribution >= 4 is 34.0 Å². The maximum absolute atomic E-state index is 12.2. The second kappa shape index (κ2) is 7.84. The van der Waals surface area contributed by atoms with Crippen molar-refractivity contribution in [1.29, 1.82) is 5.26 Å². The predicted octanol–water partition coefficient (Wildman–Crippen LogP) is 3.73. The van der Waals surface area contributed by atoms with Crippen molar-refractivity contribution in [2.24, 2.45) is 0 Å². The van der Waals surface area contributed by atoms with Gasteiger partial charge in [-0.3, -0.25) is 4.79 Å². The highest BCUT2D eigenvalue weighted by molar-refractivity contribution is 7.99. The number of carbonyl (C=O) groups excluding carboxylic acids is 1. The Morgan fingerprint density at radius 2 is 2.21 bits per heavy atom. The molecule has 0 fully saturated rings. The highest BCUT2D eigenvalue weighted by Crippen LogP contribution is 2.36. The van der Waals surface area contributed by atoms with E-state index in [0.717, 1.165) is 35.7 Å². The molecule has 0 bridgehead atoms. The van der Waals surface area contributed by atoms with Crippen molar-refractivity contribution < 1.29 is 4.79 Å². The van der Waals surface area contributed by atoms with E-state index in [-0.39, 0.29) is 5.91 Å². The third-order valence-electron chi connectivity index (χ3n) is 3.95. The van der Waals surface area contributed by atoms with Crippen LogP contribution in [-0.2, 0) is 17.8 Å². The lowest BCUT2D eigenvalue weighted by molar-refractivity contribution is -0.115. The van der Waals surface area contributed by atoms with Crippen molar-refractivity contribution in [1.82, 2.24) is 4.90 Å². The van der Waals surface area contributed by atoms with Gasteiger partial charge in [-0.05, 0) is 31.2 Å². The molecule has 2 aromatic rings. The average molecular weight is 358 g/mol. The van der Waals surface area contributed by atoms with Crippen LogP contribution >= 0.6 is 23.1 Å². The zero-order valence-corrected chi connectivity index (χ0v) is 15.2. The van der Waals surface area contributed by atoms with E-state index in [9.17, 15) is 10.1 Å². The minimum Gasteiger partial charge on any atom is -0.317 e. The van der Waals surface area contributed by atoms with Crippen LogP contribution in [0.2, 0.25) is 0 Å². The lowest BCUT2D eigenvalue weighted by atomic mass is 10.0. The molecule has 0 aliphatic carbocycles. The lowest BCUT2D eigenvalue weighted by Crippen LogP contribution is -2.25. The molecular weight excluding hydrogens is 338 g/mol. The number of nitriles is 1. The summed E-state index contributed by atoms with van der Waals surface area (Å²) in [7, 11) is 2.08. The fourth-order valence-corrected chi connectivity index (χ4v) is 4.87. The smallest absolute Gasteiger partial charge is 0.225 e. The lowest BCUT2D eigenvalue weighted by Gasteiger charge is -2.21. The first-order chi connectivity index (χ1) is 11.7. The molecule has 1 aliphatic heterocycles. The summed E-state index contributed by atoms with van der Waals surface area (Å²) in [4.78, 5) is 16.8. The number of hydrogen-bond acceptors (Lipinski definition) is 5. The van der Waals surface area contributed by atoms with E-state index < -0.39 is 0 Å².